The maximum absolute atomic E-state index is 10.7. The molecule has 0 spiro atoms. The van der Waals surface area contributed by atoms with E-state index in [4.69, 9.17) is 5.11 Å². The Morgan fingerprint density at radius 1 is 0.875 bits per heavy atom. The number of likely N-dealkylation sites (tertiary alicyclic amines) is 1. The molecule has 0 aromatic rings. The molecule has 5 heteroatoms. The zero-order chi connectivity index (χ0) is 11.4. The summed E-state index contributed by atoms with van der Waals surface area (Å²) in [7, 11) is 0. The average molecular weight is 227 g/mol. The molecule has 1 amide bonds. The van der Waals surface area contributed by atoms with Gasteiger partial charge in [0.05, 0.1) is 0 Å². The molecule has 5 nitrogen and oxygen atoms in total. The van der Waals surface area contributed by atoms with Gasteiger partial charge in [-0.3, -0.25) is 4.90 Å². The number of hydrogen-bond acceptors (Lipinski definition) is 3. The van der Waals surface area contributed by atoms with E-state index >= 15 is 0 Å². The van der Waals surface area contributed by atoms with Crippen LogP contribution in [0, 0.1) is 0 Å². The third-order valence-corrected chi connectivity index (χ3v) is 3.57. The van der Waals surface area contributed by atoms with Crippen molar-refractivity contribution in [3.63, 3.8) is 0 Å². The molecule has 0 aliphatic carbocycles. The second-order valence-corrected chi connectivity index (χ2v) is 4.66. The van der Waals surface area contributed by atoms with E-state index in [9.17, 15) is 4.79 Å². The smallest absolute Gasteiger partial charge is 0.407 e. The Kier molecular flexibility index (Phi) is 4.01. The summed E-state index contributed by atoms with van der Waals surface area (Å²) >= 11 is 0. The molecule has 0 aromatic heterocycles. The van der Waals surface area contributed by atoms with Crippen LogP contribution in [0.2, 0.25) is 0 Å². The van der Waals surface area contributed by atoms with Crippen LogP contribution in [-0.2, 0) is 0 Å². The van der Waals surface area contributed by atoms with E-state index in [1.54, 1.807) is 0 Å². The van der Waals surface area contributed by atoms with Crippen molar-refractivity contribution in [3.05, 3.63) is 0 Å². The van der Waals surface area contributed by atoms with E-state index in [-0.39, 0.29) is 0 Å². The first kappa shape index (κ1) is 11.7. The topological polar surface area (TPSA) is 47.0 Å². The molecule has 0 atom stereocenters. The highest BCUT2D eigenvalue weighted by molar-refractivity contribution is 5.65. The second kappa shape index (κ2) is 5.50. The van der Waals surface area contributed by atoms with E-state index < -0.39 is 6.09 Å². The molecule has 0 radical (unpaired) electrons. The number of carbonyl (C=O) groups is 1. The Hall–Kier alpha value is -0.810. The fourth-order valence-corrected chi connectivity index (χ4v) is 2.45. The van der Waals surface area contributed by atoms with Crippen LogP contribution in [0.1, 0.15) is 12.8 Å². The van der Waals surface area contributed by atoms with Crippen LogP contribution in [0.3, 0.4) is 0 Å². The standard InChI is InChI=1S/C11H21N3O2/c15-11(16)14-9-7-13(8-10-14)6-5-12-3-1-2-4-12/h1-10H2,(H,15,16). The summed E-state index contributed by atoms with van der Waals surface area (Å²) in [5.74, 6) is 0. The van der Waals surface area contributed by atoms with Crippen molar-refractivity contribution in [2.45, 2.75) is 12.8 Å². The third-order valence-electron chi connectivity index (χ3n) is 3.57. The van der Waals surface area contributed by atoms with Crippen molar-refractivity contribution in [2.24, 2.45) is 0 Å². The molecule has 16 heavy (non-hydrogen) atoms. The summed E-state index contributed by atoms with van der Waals surface area (Å²) in [5, 5.41) is 8.83. The SMILES string of the molecule is O=C(O)N1CCN(CCN2CCCC2)CC1. The predicted molar refractivity (Wildman–Crippen MR) is 61.7 cm³/mol. The predicted octanol–water partition coefficient (Wildman–Crippen LogP) is 0.378. The molecule has 0 unspecified atom stereocenters. The van der Waals surface area contributed by atoms with Crippen LogP contribution >= 0.6 is 0 Å². The second-order valence-electron chi connectivity index (χ2n) is 4.66. The first-order valence-corrected chi connectivity index (χ1v) is 6.18. The summed E-state index contributed by atoms with van der Waals surface area (Å²) in [6.45, 7) is 7.83. The van der Waals surface area contributed by atoms with E-state index in [0.29, 0.717) is 13.1 Å². The van der Waals surface area contributed by atoms with Gasteiger partial charge in [-0.2, -0.15) is 0 Å². The molecule has 2 fully saturated rings. The van der Waals surface area contributed by atoms with Gasteiger partial charge in [0.25, 0.3) is 0 Å². The van der Waals surface area contributed by atoms with Crippen molar-refractivity contribution < 1.29 is 9.90 Å². The lowest BCUT2D eigenvalue weighted by Crippen LogP contribution is -2.49. The van der Waals surface area contributed by atoms with Gasteiger partial charge in [0.2, 0.25) is 0 Å². The largest absolute Gasteiger partial charge is 0.465 e. The molecule has 0 saturated carbocycles. The number of piperazine rings is 1. The molecular weight excluding hydrogens is 206 g/mol. The minimum absolute atomic E-state index is 0.662. The van der Waals surface area contributed by atoms with Crippen LogP contribution in [0.25, 0.3) is 0 Å². The first-order valence-electron chi connectivity index (χ1n) is 6.18. The zero-order valence-electron chi connectivity index (χ0n) is 9.77. The first-order chi connectivity index (χ1) is 7.75. The average Bonchev–Trinajstić information content (AvgIpc) is 2.80. The quantitative estimate of drug-likeness (QED) is 0.757. The van der Waals surface area contributed by atoms with Gasteiger partial charge >= 0.3 is 6.09 Å². The van der Waals surface area contributed by atoms with Gasteiger partial charge in [-0.1, -0.05) is 0 Å². The molecule has 92 valence electrons. The van der Waals surface area contributed by atoms with Gasteiger partial charge in [0.1, 0.15) is 0 Å². The van der Waals surface area contributed by atoms with Gasteiger partial charge in [-0.25, -0.2) is 4.79 Å². The Labute approximate surface area is 96.6 Å². The van der Waals surface area contributed by atoms with Gasteiger partial charge in [0.15, 0.2) is 0 Å². The van der Waals surface area contributed by atoms with E-state index in [2.05, 4.69) is 9.80 Å². The molecule has 2 aliphatic rings. The molecule has 1 N–H and O–H groups in total. The summed E-state index contributed by atoms with van der Waals surface area (Å²) in [6, 6.07) is 0. The molecule has 2 heterocycles. The van der Waals surface area contributed by atoms with Crippen LogP contribution in [0.4, 0.5) is 4.79 Å². The normalized spacial score (nSPS) is 23.9. The van der Waals surface area contributed by atoms with E-state index in [1.165, 1.54) is 30.8 Å². The maximum Gasteiger partial charge on any atom is 0.407 e. The van der Waals surface area contributed by atoms with E-state index in [1.807, 2.05) is 0 Å². The van der Waals surface area contributed by atoms with Gasteiger partial charge in [-0.15, -0.1) is 0 Å². The van der Waals surface area contributed by atoms with Crippen LogP contribution < -0.4 is 0 Å². The number of carboxylic acid groups (broad SMARTS) is 1. The minimum Gasteiger partial charge on any atom is -0.465 e. The van der Waals surface area contributed by atoms with Crippen molar-refractivity contribution in [3.8, 4) is 0 Å². The Bertz CT molecular complexity index is 233. The number of rotatable bonds is 3. The molecule has 0 bridgehead atoms. The van der Waals surface area contributed by atoms with Crippen molar-refractivity contribution in [1.29, 1.82) is 0 Å². The summed E-state index contributed by atoms with van der Waals surface area (Å²) in [6.07, 6.45) is 1.90. The third kappa shape index (κ3) is 3.09. The number of nitrogens with zero attached hydrogens (tertiary/aromatic N) is 3. The number of hydrogen-bond donors (Lipinski definition) is 1. The monoisotopic (exact) mass is 227 g/mol. The molecule has 0 aromatic carbocycles. The van der Waals surface area contributed by atoms with E-state index in [0.717, 1.165) is 26.2 Å². The Morgan fingerprint density at radius 2 is 1.38 bits per heavy atom. The van der Waals surface area contributed by atoms with Crippen molar-refractivity contribution >= 4 is 6.09 Å². The lowest BCUT2D eigenvalue weighted by atomic mass is 10.3. The fourth-order valence-electron chi connectivity index (χ4n) is 2.45. The van der Waals surface area contributed by atoms with Crippen LogP contribution in [0.5, 0.6) is 0 Å². The van der Waals surface area contributed by atoms with Gasteiger partial charge in [0, 0.05) is 39.3 Å². The summed E-state index contributed by atoms with van der Waals surface area (Å²) in [4.78, 5) is 17.1. The van der Waals surface area contributed by atoms with Crippen LogP contribution in [-0.4, -0.2) is 78.3 Å². The fraction of sp³-hybridized carbons (Fsp3) is 0.909. The van der Waals surface area contributed by atoms with Gasteiger partial charge < -0.3 is 14.9 Å². The van der Waals surface area contributed by atoms with Crippen molar-refractivity contribution in [1.82, 2.24) is 14.7 Å². The minimum atomic E-state index is -0.779. The van der Waals surface area contributed by atoms with Gasteiger partial charge in [-0.05, 0) is 25.9 Å². The molecule has 2 rings (SSSR count). The Morgan fingerprint density at radius 3 is 1.88 bits per heavy atom. The lowest BCUT2D eigenvalue weighted by molar-refractivity contribution is 0.101. The highest BCUT2D eigenvalue weighted by Gasteiger charge is 2.20. The van der Waals surface area contributed by atoms with Crippen LogP contribution in [0.15, 0.2) is 0 Å². The summed E-state index contributed by atoms with van der Waals surface area (Å²) < 4.78 is 0. The zero-order valence-corrected chi connectivity index (χ0v) is 9.77. The van der Waals surface area contributed by atoms with Crippen molar-refractivity contribution in [2.75, 3.05) is 52.4 Å². The lowest BCUT2D eigenvalue weighted by Gasteiger charge is -2.33. The highest BCUT2D eigenvalue weighted by Crippen LogP contribution is 2.08. The summed E-state index contributed by atoms with van der Waals surface area (Å²) in [5.41, 5.74) is 0. The molecule has 2 saturated heterocycles. The highest BCUT2D eigenvalue weighted by atomic mass is 16.4. The molecule has 2 aliphatic heterocycles. The Balaban J connectivity index is 1.63. The number of amides is 1. The molecular formula is C11H21N3O2. The maximum atomic E-state index is 10.7.